The van der Waals surface area contributed by atoms with Gasteiger partial charge in [-0.25, -0.2) is 13.4 Å². The van der Waals surface area contributed by atoms with Gasteiger partial charge in [-0.3, -0.25) is 4.72 Å². The Kier molecular flexibility index (Phi) is 4.42. The fourth-order valence-corrected chi connectivity index (χ4v) is 3.19. The van der Waals surface area contributed by atoms with E-state index in [1.807, 2.05) is 12.3 Å². The minimum atomic E-state index is -3.74. The molecule has 8 heteroatoms. The van der Waals surface area contributed by atoms with E-state index >= 15 is 0 Å². The van der Waals surface area contributed by atoms with Gasteiger partial charge in [-0.05, 0) is 30.5 Å². The van der Waals surface area contributed by atoms with Crippen molar-refractivity contribution in [3.8, 4) is 0 Å². The number of nitrogens with two attached hydrogens (primary N) is 1. The monoisotopic (exact) mass is 329 g/mol. The van der Waals surface area contributed by atoms with Crippen LogP contribution in [0.5, 0.6) is 0 Å². The molecule has 1 aromatic carbocycles. The molecule has 3 N–H and O–H groups in total. The zero-order valence-corrected chi connectivity index (χ0v) is 12.9. The average Bonchev–Trinajstić information content (AvgIpc) is 2.41. The molecule has 1 heterocycles. The number of hydrogen-bond acceptors (Lipinski definition) is 5. The number of sulfonamides is 1. The highest BCUT2D eigenvalue weighted by atomic mass is 35.5. The van der Waals surface area contributed by atoms with Crippen molar-refractivity contribution in [1.29, 1.82) is 0 Å². The minimum Gasteiger partial charge on any atom is -0.382 e. The number of nitrogens with zero attached hydrogens (tertiary/aromatic N) is 1. The second-order valence-corrected chi connectivity index (χ2v) is 6.84. The molecule has 0 fully saturated rings. The lowest BCUT2D eigenvalue weighted by molar-refractivity contribution is 0.601. The number of thioether (sulfide) groups is 1. The van der Waals surface area contributed by atoms with E-state index in [0.717, 1.165) is 4.90 Å². The zero-order valence-electron chi connectivity index (χ0n) is 10.5. The Bertz CT molecular complexity index is 735. The van der Waals surface area contributed by atoms with Crippen molar-refractivity contribution in [3.05, 3.63) is 41.6 Å². The average molecular weight is 330 g/mol. The Morgan fingerprint density at radius 3 is 2.75 bits per heavy atom. The SMILES string of the molecule is CSc1cccc(NS(=O)(=O)c2cnc(N)c(Cl)c2)c1. The number of nitrogens with one attached hydrogen (secondary N) is 1. The lowest BCUT2D eigenvalue weighted by Gasteiger charge is -2.09. The molecule has 0 aliphatic rings. The summed E-state index contributed by atoms with van der Waals surface area (Å²) in [6.45, 7) is 0. The molecule has 0 atom stereocenters. The number of benzene rings is 1. The maximum absolute atomic E-state index is 12.2. The molecule has 106 valence electrons. The van der Waals surface area contributed by atoms with E-state index in [-0.39, 0.29) is 15.7 Å². The molecular weight excluding hydrogens is 318 g/mol. The topological polar surface area (TPSA) is 85.1 Å². The Labute approximate surface area is 126 Å². The first-order valence-corrected chi connectivity index (χ1v) is 8.59. The van der Waals surface area contributed by atoms with Crippen molar-refractivity contribution in [2.45, 2.75) is 9.79 Å². The Balaban J connectivity index is 2.32. The van der Waals surface area contributed by atoms with Crippen LogP contribution in [0.4, 0.5) is 11.5 Å². The van der Waals surface area contributed by atoms with Gasteiger partial charge in [-0.15, -0.1) is 11.8 Å². The van der Waals surface area contributed by atoms with Crippen molar-refractivity contribution in [2.24, 2.45) is 0 Å². The van der Waals surface area contributed by atoms with Gasteiger partial charge in [0.2, 0.25) is 0 Å². The van der Waals surface area contributed by atoms with Gasteiger partial charge in [0.1, 0.15) is 10.7 Å². The van der Waals surface area contributed by atoms with Crippen LogP contribution in [-0.4, -0.2) is 19.7 Å². The van der Waals surface area contributed by atoms with E-state index < -0.39 is 10.0 Å². The van der Waals surface area contributed by atoms with Gasteiger partial charge < -0.3 is 5.73 Å². The number of halogens is 1. The first-order valence-electron chi connectivity index (χ1n) is 5.50. The molecule has 0 saturated carbocycles. The van der Waals surface area contributed by atoms with Crippen LogP contribution < -0.4 is 10.5 Å². The maximum Gasteiger partial charge on any atom is 0.263 e. The van der Waals surface area contributed by atoms with Crippen LogP contribution in [0.1, 0.15) is 0 Å². The largest absolute Gasteiger partial charge is 0.382 e. The molecule has 2 rings (SSSR count). The Morgan fingerprint density at radius 1 is 1.35 bits per heavy atom. The first-order chi connectivity index (χ1) is 9.42. The van der Waals surface area contributed by atoms with Gasteiger partial charge in [-0.1, -0.05) is 17.7 Å². The molecule has 0 aliphatic heterocycles. The highest BCUT2D eigenvalue weighted by Crippen LogP contribution is 2.24. The number of nitrogen functional groups attached to an aromatic ring is 1. The second-order valence-electron chi connectivity index (χ2n) is 3.88. The highest BCUT2D eigenvalue weighted by Gasteiger charge is 2.16. The van der Waals surface area contributed by atoms with E-state index in [4.69, 9.17) is 17.3 Å². The number of hydrogen-bond donors (Lipinski definition) is 2. The van der Waals surface area contributed by atoms with E-state index in [2.05, 4.69) is 9.71 Å². The highest BCUT2D eigenvalue weighted by molar-refractivity contribution is 7.98. The summed E-state index contributed by atoms with van der Waals surface area (Å²) in [5.74, 6) is 0.0926. The van der Waals surface area contributed by atoms with Crippen molar-refractivity contribution in [1.82, 2.24) is 4.98 Å². The minimum absolute atomic E-state index is 0.0359. The van der Waals surface area contributed by atoms with Gasteiger partial charge in [0, 0.05) is 16.8 Å². The molecule has 0 aliphatic carbocycles. The van der Waals surface area contributed by atoms with E-state index in [1.165, 1.54) is 24.0 Å². The van der Waals surface area contributed by atoms with Crippen LogP contribution >= 0.6 is 23.4 Å². The van der Waals surface area contributed by atoms with Gasteiger partial charge >= 0.3 is 0 Å². The third kappa shape index (κ3) is 3.36. The number of anilines is 2. The lowest BCUT2D eigenvalue weighted by Crippen LogP contribution is -2.13. The third-order valence-corrected chi connectivity index (χ3v) is 4.85. The quantitative estimate of drug-likeness (QED) is 0.842. The third-order valence-electron chi connectivity index (χ3n) is 2.48. The van der Waals surface area contributed by atoms with Crippen LogP contribution in [0.3, 0.4) is 0 Å². The second kappa shape index (κ2) is 5.90. The molecule has 0 spiro atoms. The number of rotatable bonds is 4. The van der Waals surface area contributed by atoms with Crippen LogP contribution in [0, 0.1) is 0 Å². The molecular formula is C12H12ClN3O2S2. The molecule has 0 saturated heterocycles. The van der Waals surface area contributed by atoms with Crippen LogP contribution in [0.25, 0.3) is 0 Å². The van der Waals surface area contributed by atoms with Gasteiger partial charge in [0.15, 0.2) is 0 Å². The summed E-state index contributed by atoms with van der Waals surface area (Å²) >= 11 is 7.31. The summed E-state index contributed by atoms with van der Waals surface area (Å²) < 4.78 is 26.9. The van der Waals surface area contributed by atoms with Crippen molar-refractivity contribution >= 4 is 44.9 Å². The zero-order chi connectivity index (χ0) is 14.8. The molecule has 0 radical (unpaired) electrons. The summed E-state index contributed by atoms with van der Waals surface area (Å²) in [5, 5.41) is 0.103. The van der Waals surface area contributed by atoms with E-state index in [0.29, 0.717) is 5.69 Å². The van der Waals surface area contributed by atoms with E-state index in [1.54, 1.807) is 18.2 Å². The van der Waals surface area contributed by atoms with Gasteiger partial charge in [-0.2, -0.15) is 0 Å². The van der Waals surface area contributed by atoms with Crippen LogP contribution in [-0.2, 0) is 10.0 Å². The standard InChI is InChI=1S/C12H12ClN3O2S2/c1-19-9-4-2-3-8(5-9)16-20(17,18)10-6-11(13)12(14)15-7-10/h2-7,16H,1H3,(H2,14,15). The molecule has 0 unspecified atom stereocenters. The summed E-state index contributed by atoms with van der Waals surface area (Å²) in [5.41, 5.74) is 5.94. The number of aromatic nitrogens is 1. The first kappa shape index (κ1) is 15.0. The maximum atomic E-state index is 12.2. The molecule has 2 aromatic rings. The van der Waals surface area contributed by atoms with Crippen LogP contribution in [0.15, 0.2) is 46.3 Å². The fraction of sp³-hybridized carbons (Fsp3) is 0.0833. The normalized spacial score (nSPS) is 11.3. The Hall–Kier alpha value is -1.44. The molecule has 0 amide bonds. The summed E-state index contributed by atoms with van der Waals surface area (Å²) in [7, 11) is -3.74. The van der Waals surface area contributed by atoms with Crippen molar-refractivity contribution < 1.29 is 8.42 Å². The Morgan fingerprint density at radius 2 is 2.10 bits per heavy atom. The van der Waals surface area contributed by atoms with Gasteiger partial charge in [0.05, 0.1) is 5.02 Å². The smallest absolute Gasteiger partial charge is 0.263 e. The summed E-state index contributed by atoms with van der Waals surface area (Å²) in [4.78, 5) is 4.66. The summed E-state index contributed by atoms with van der Waals surface area (Å²) in [6.07, 6.45) is 3.08. The molecule has 20 heavy (non-hydrogen) atoms. The van der Waals surface area contributed by atoms with Crippen molar-refractivity contribution in [2.75, 3.05) is 16.7 Å². The van der Waals surface area contributed by atoms with E-state index in [9.17, 15) is 8.42 Å². The number of pyridine rings is 1. The predicted molar refractivity (Wildman–Crippen MR) is 82.7 cm³/mol. The molecule has 1 aromatic heterocycles. The van der Waals surface area contributed by atoms with Crippen LogP contribution in [0.2, 0.25) is 5.02 Å². The van der Waals surface area contributed by atoms with Gasteiger partial charge in [0.25, 0.3) is 10.0 Å². The predicted octanol–water partition coefficient (Wildman–Crippen LogP) is 2.84. The lowest BCUT2D eigenvalue weighted by atomic mass is 10.3. The molecule has 0 bridgehead atoms. The van der Waals surface area contributed by atoms with Crippen molar-refractivity contribution in [3.63, 3.8) is 0 Å². The summed E-state index contributed by atoms with van der Waals surface area (Å²) in [6, 6.07) is 8.35. The molecule has 5 nitrogen and oxygen atoms in total. The fourth-order valence-electron chi connectivity index (χ4n) is 1.48.